The molecule has 0 aromatic rings. The summed E-state index contributed by atoms with van der Waals surface area (Å²) in [4.78, 5) is 0. The Hall–Kier alpha value is -1.45. The lowest BCUT2D eigenvalue weighted by Crippen LogP contribution is -2.32. The topological polar surface area (TPSA) is 40.5 Å². The van der Waals surface area contributed by atoms with Crippen LogP contribution in [-0.4, -0.2) is 28.1 Å². The largest absolute Gasteiger partial charge is 0.393 e. The number of allylic oxidation sites excluding steroid dienone is 7. The Morgan fingerprint density at radius 1 is 1.37 bits per heavy atom. The Kier molecular flexibility index (Phi) is 6.94. The molecule has 3 aliphatic carbocycles. The number of halogens is 1. The number of aliphatic hydroxyl groups is 2. The molecule has 2 nitrogen and oxygen atoms in total. The molecular weight excluding hydrogens is 375 g/mol. The van der Waals surface area contributed by atoms with Gasteiger partial charge in [-0.3, -0.25) is 0 Å². The fourth-order valence-electron chi connectivity index (χ4n) is 5.74. The summed E-state index contributed by atoms with van der Waals surface area (Å²) in [6, 6.07) is 0. The molecule has 3 rings (SSSR count). The van der Waals surface area contributed by atoms with Gasteiger partial charge in [0.25, 0.3) is 0 Å². The quantitative estimate of drug-likeness (QED) is 0.513. The maximum atomic E-state index is 14.1. The maximum absolute atomic E-state index is 14.1. The van der Waals surface area contributed by atoms with Crippen molar-refractivity contribution in [3.8, 4) is 0 Å². The van der Waals surface area contributed by atoms with Gasteiger partial charge >= 0.3 is 0 Å². The summed E-state index contributed by atoms with van der Waals surface area (Å²) in [6.45, 7) is 12.2. The van der Waals surface area contributed by atoms with Gasteiger partial charge in [0.05, 0.1) is 11.7 Å². The smallest absolute Gasteiger partial charge is 0.127 e. The zero-order valence-electron chi connectivity index (χ0n) is 19.1. The van der Waals surface area contributed by atoms with Gasteiger partial charge in [-0.05, 0) is 80.8 Å². The molecule has 0 radical (unpaired) electrons. The first-order chi connectivity index (χ1) is 14.0. The van der Waals surface area contributed by atoms with E-state index in [9.17, 15) is 14.6 Å². The van der Waals surface area contributed by atoms with Crippen molar-refractivity contribution in [2.45, 2.75) is 90.5 Å². The minimum absolute atomic E-state index is 0.167. The highest BCUT2D eigenvalue weighted by Gasteiger charge is 2.45. The second kappa shape index (κ2) is 8.96. The number of aliphatic hydroxyl groups excluding tert-OH is 1. The first-order valence-electron chi connectivity index (χ1n) is 11.5. The van der Waals surface area contributed by atoms with E-state index in [1.165, 1.54) is 18.4 Å². The lowest BCUT2D eigenvalue weighted by molar-refractivity contribution is 0.124. The molecule has 0 aromatic heterocycles. The van der Waals surface area contributed by atoms with Gasteiger partial charge in [0.1, 0.15) is 6.17 Å². The van der Waals surface area contributed by atoms with Crippen molar-refractivity contribution in [1.82, 2.24) is 0 Å². The molecule has 3 heteroatoms. The molecule has 0 amide bonds. The molecule has 0 aromatic carbocycles. The molecule has 2 saturated carbocycles. The summed E-state index contributed by atoms with van der Waals surface area (Å²) in [5.41, 5.74) is 3.80. The normalized spacial score (nSPS) is 36.4. The average Bonchev–Trinajstić information content (AvgIpc) is 3.00. The van der Waals surface area contributed by atoms with Crippen molar-refractivity contribution in [3.63, 3.8) is 0 Å². The molecule has 2 N–H and O–H groups in total. The van der Waals surface area contributed by atoms with Crippen LogP contribution in [0.15, 0.2) is 59.3 Å². The number of fused-ring (bicyclic) bond motifs is 1. The highest BCUT2D eigenvalue weighted by molar-refractivity contribution is 5.40. The Balaban J connectivity index is 1.75. The zero-order chi connectivity index (χ0) is 22.1. The first-order valence-corrected chi connectivity index (χ1v) is 11.5. The van der Waals surface area contributed by atoms with Crippen LogP contribution in [0.5, 0.6) is 0 Å². The summed E-state index contributed by atoms with van der Waals surface area (Å²) >= 11 is 0. The number of rotatable bonds is 5. The maximum Gasteiger partial charge on any atom is 0.127 e. The summed E-state index contributed by atoms with van der Waals surface area (Å²) in [5.74, 6) is 0.957. The number of hydrogen-bond acceptors (Lipinski definition) is 2. The molecule has 3 aliphatic rings. The van der Waals surface area contributed by atoms with Crippen LogP contribution in [0.3, 0.4) is 0 Å². The lowest BCUT2D eigenvalue weighted by atomic mass is 9.62. The third kappa shape index (κ3) is 5.06. The Labute approximate surface area is 182 Å². The van der Waals surface area contributed by atoms with Crippen LogP contribution in [-0.2, 0) is 0 Å². The van der Waals surface area contributed by atoms with Gasteiger partial charge < -0.3 is 10.2 Å². The molecular formula is C27H39FO2. The zero-order valence-corrected chi connectivity index (χ0v) is 19.1. The van der Waals surface area contributed by atoms with E-state index in [-0.39, 0.29) is 11.8 Å². The molecule has 0 bridgehead atoms. The van der Waals surface area contributed by atoms with Gasteiger partial charge in [0, 0.05) is 6.42 Å². The van der Waals surface area contributed by atoms with E-state index in [2.05, 4.69) is 38.7 Å². The van der Waals surface area contributed by atoms with Gasteiger partial charge in [-0.15, -0.1) is 0 Å². The van der Waals surface area contributed by atoms with Crippen LogP contribution in [0.4, 0.5) is 4.39 Å². The SMILES string of the molecule is C=C1/C(=C\C=C2/CCCC3(C)C(C(C)C/C=C/C(C)(C)O)=CCC23)CC(O)CC1F. The van der Waals surface area contributed by atoms with E-state index in [0.717, 1.165) is 24.8 Å². The minimum atomic E-state index is -1.13. The summed E-state index contributed by atoms with van der Waals surface area (Å²) < 4.78 is 14.1. The van der Waals surface area contributed by atoms with Crippen molar-refractivity contribution < 1.29 is 14.6 Å². The van der Waals surface area contributed by atoms with Crippen LogP contribution in [0.2, 0.25) is 0 Å². The molecule has 5 unspecified atom stereocenters. The van der Waals surface area contributed by atoms with Crippen molar-refractivity contribution >= 4 is 0 Å². The van der Waals surface area contributed by atoms with Crippen molar-refractivity contribution in [2.24, 2.45) is 17.3 Å². The fraction of sp³-hybridized carbons (Fsp3) is 0.630. The molecule has 5 atom stereocenters. The van der Waals surface area contributed by atoms with Gasteiger partial charge in [-0.25, -0.2) is 4.39 Å². The Morgan fingerprint density at radius 2 is 2.10 bits per heavy atom. The van der Waals surface area contributed by atoms with E-state index in [0.29, 0.717) is 23.8 Å². The first kappa shape index (κ1) is 23.2. The Morgan fingerprint density at radius 3 is 2.80 bits per heavy atom. The van der Waals surface area contributed by atoms with Crippen molar-refractivity contribution in [3.05, 3.63) is 59.3 Å². The number of alkyl halides is 1. The molecule has 2 fully saturated rings. The minimum Gasteiger partial charge on any atom is -0.393 e. The third-order valence-corrected chi connectivity index (χ3v) is 7.38. The van der Waals surface area contributed by atoms with E-state index in [1.54, 1.807) is 19.4 Å². The average molecular weight is 415 g/mol. The van der Waals surface area contributed by atoms with Crippen LogP contribution in [0.25, 0.3) is 0 Å². The molecule has 0 saturated heterocycles. The molecule has 166 valence electrons. The van der Waals surface area contributed by atoms with Crippen LogP contribution < -0.4 is 0 Å². The van der Waals surface area contributed by atoms with Crippen LogP contribution in [0, 0.1) is 17.3 Å². The van der Waals surface area contributed by atoms with E-state index in [4.69, 9.17) is 0 Å². The lowest BCUT2D eigenvalue weighted by Gasteiger charge is -2.42. The highest BCUT2D eigenvalue weighted by atomic mass is 19.1. The second-order valence-electron chi connectivity index (χ2n) is 10.4. The van der Waals surface area contributed by atoms with Crippen molar-refractivity contribution in [1.29, 1.82) is 0 Å². The summed E-state index contributed by atoms with van der Waals surface area (Å²) in [7, 11) is 0. The fourth-order valence-corrected chi connectivity index (χ4v) is 5.74. The predicted molar refractivity (Wildman–Crippen MR) is 123 cm³/mol. The van der Waals surface area contributed by atoms with E-state index in [1.807, 2.05) is 12.2 Å². The van der Waals surface area contributed by atoms with Gasteiger partial charge in [0.15, 0.2) is 0 Å². The third-order valence-electron chi connectivity index (χ3n) is 7.38. The molecule has 0 spiro atoms. The molecule has 0 heterocycles. The van der Waals surface area contributed by atoms with Crippen LogP contribution in [0.1, 0.15) is 72.6 Å². The highest BCUT2D eigenvalue weighted by Crippen LogP contribution is 2.57. The van der Waals surface area contributed by atoms with Crippen LogP contribution >= 0.6 is 0 Å². The van der Waals surface area contributed by atoms with Crippen molar-refractivity contribution in [2.75, 3.05) is 0 Å². The van der Waals surface area contributed by atoms with Gasteiger partial charge in [-0.2, -0.15) is 0 Å². The summed E-state index contributed by atoms with van der Waals surface area (Å²) in [5, 5.41) is 19.9. The standard InChI is InChI=1S/C27H39FO2/c1-18(8-6-14-26(3,4)30)23-12-13-24-20(9-7-15-27(23,24)5)10-11-21-16-22(29)17-25(28)19(21)2/h6,10-12,14,18,22,24-25,29-30H,2,7-9,13,15-17H2,1,3-5H3/b14-6+,20-10+,21-11-. The van der Waals surface area contributed by atoms with E-state index < -0.39 is 17.9 Å². The van der Waals surface area contributed by atoms with Gasteiger partial charge in [0.2, 0.25) is 0 Å². The number of hydrogen-bond donors (Lipinski definition) is 2. The molecule has 0 aliphatic heterocycles. The monoisotopic (exact) mass is 414 g/mol. The Bertz CT molecular complexity index is 779. The van der Waals surface area contributed by atoms with Gasteiger partial charge in [-0.1, -0.05) is 62.0 Å². The molecule has 30 heavy (non-hydrogen) atoms. The summed E-state index contributed by atoms with van der Waals surface area (Å²) in [6.07, 6.45) is 15.1. The second-order valence-corrected chi connectivity index (χ2v) is 10.4. The van der Waals surface area contributed by atoms with E-state index >= 15 is 0 Å². The predicted octanol–water partition coefficient (Wildman–Crippen LogP) is 6.38.